The number of ketones is 1. The van der Waals surface area contributed by atoms with E-state index in [1.54, 1.807) is 0 Å². The zero-order chi connectivity index (χ0) is 15.4. The van der Waals surface area contributed by atoms with Gasteiger partial charge in [-0.15, -0.1) is 0 Å². The lowest BCUT2D eigenvalue weighted by Crippen LogP contribution is -2.17. The summed E-state index contributed by atoms with van der Waals surface area (Å²) in [5.74, 6) is -1.40. The summed E-state index contributed by atoms with van der Waals surface area (Å²) in [6.45, 7) is 1.41. The molecular weight excluding hydrogens is 280 g/mol. The van der Waals surface area contributed by atoms with Crippen molar-refractivity contribution in [3.63, 3.8) is 0 Å². The molecule has 0 unspecified atom stereocenters. The van der Waals surface area contributed by atoms with E-state index in [1.165, 1.54) is 31.2 Å². The molecule has 0 aliphatic heterocycles. The van der Waals surface area contributed by atoms with Crippen LogP contribution in [0.5, 0.6) is 5.75 Å². The molecule has 6 heteroatoms. The van der Waals surface area contributed by atoms with Crippen molar-refractivity contribution < 1.29 is 23.1 Å². The molecule has 0 heterocycles. The van der Waals surface area contributed by atoms with Gasteiger partial charge in [0.1, 0.15) is 17.4 Å². The number of nitrogens with one attached hydrogen (secondary N) is 1. The number of carbonyl (C=O) groups excluding carboxylic acids is 2. The summed E-state index contributed by atoms with van der Waals surface area (Å²) in [6, 6.07) is 8.52. The number of anilines is 1. The van der Waals surface area contributed by atoms with E-state index in [4.69, 9.17) is 4.74 Å². The molecule has 0 aliphatic rings. The van der Waals surface area contributed by atoms with Crippen LogP contribution in [0.25, 0.3) is 0 Å². The van der Waals surface area contributed by atoms with Gasteiger partial charge in [-0.3, -0.25) is 10.1 Å². The molecule has 2 rings (SSSR count). The third-order valence-corrected chi connectivity index (χ3v) is 2.64. The molecular formula is C15H11F2NO3. The zero-order valence-electron chi connectivity index (χ0n) is 11.0. The smallest absolute Gasteiger partial charge is 0.410 e. The molecule has 0 saturated heterocycles. The van der Waals surface area contributed by atoms with Crippen LogP contribution >= 0.6 is 0 Å². The summed E-state index contributed by atoms with van der Waals surface area (Å²) in [4.78, 5) is 22.7. The van der Waals surface area contributed by atoms with Gasteiger partial charge in [0.15, 0.2) is 5.78 Å². The van der Waals surface area contributed by atoms with Crippen molar-refractivity contribution in [3.8, 4) is 5.75 Å². The van der Waals surface area contributed by atoms with Crippen LogP contribution in [0.3, 0.4) is 0 Å². The maximum absolute atomic E-state index is 13.3. The van der Waals surface area contributed by atoms with Gasteiger partial charge >= 0.3 is 6.09 Å². The predicted molar refractivity (Wildman–Crippen MR) is 72.5 cm³/mol. The number of ether oxygens (including phenoxy) is 1. The summed E-state index contributed by atoms with van der Waals surface area (Å²) in [5.41, 5.74) is 0.152. The highest BCUT2D eigenvalue weighted by Crippen LogP contribution is 2.17. The Hall–Kier alpha value is -2.76. The van der Waals surface area contributed by atoms with Gasteiger partial charge in [-0.1, -0.05) is 0 Å². The van der Waals surface area contributed by atoms with Crippen LogP contribution in [-0.2, 0) is 0 Å². The SMILES string of the molecule is CC(=O)c1ccc(OC(=O)Nc2cc(F)ccc2F)cc1. The van der Waals surface area contributed by atoms with Crippen LogP contribution in [0.1, 0.15) is 17.3 Å². The minimum Gasteiger partial charge on any atom is -0.410 e. The molecule has 0 spiro atoms. The fourth-order valence-electron chi connectivity index (χ4n) is 1.59. The van der Waals surface area contributed by atoms with Crippen LogP contribution in [0.4, 0.5) is 19.3 Å². The van der Waals surface area contributed by atoms with Gasteiger partial charge in [0, 0.05) is 11.6 Å². The van der Waals surface area contributed by atoms with Crippen LogP contribution < -0.4 is 10.1 Å². The summed E-state index contributed by atoms with van der Waals surface area (Å²) in [5, 5.41) is 2.09. The summed E-state index contributed by atoms with van der Waals surface area (Å²) < 4.78 is 31.2. The highest BCUT2D eigenvalue weighted by atomic mass is 19.1. The zero-order valence-corrected chi connectivity index (χ0v) is 11.0. The molecule has 108 valence electrons. The third kappa shape index (κ3) is 3.85. The fraction of sp³-hybridized carbons (Fsp3) is 0.0667. The molecule has 0 fully saturated rings. The molecule has 2 aromatic rings. The van der Waals surface area contributed by atoms with Gasteiger partial charge in [-0.05, 0) is 43.3 Å². The number of carbonyl (C=O) groups is 2. The van der Waals surface area contributed by atoms with Gasteiger partial charge in [-0.2, -0.15) is 0 Å². The monoisotopic (exact) mass is 291 g/mol. The second-order valence-electron chi connectivity index (χ2n) is 4.22. The Kier molecular flexibility index (Phi) is 4.27. The largest absolute Gasteiger partial charge is 0.417 e. The first-order chi connectivity index (χ1) is 9.95. The Morgan fingerprint density at radius 1 is 1.05 bits per heavy atom. The first-order valence-corrected chi connectivity index (χ1v) is 6.00. The number of amides is 1. The normalized spacial score (nSPS) is 10.0. The van der Waals surface area contributed by atoms with E-state index in [1.807, 2.05) is 0 Å². The van der Waals surface area contributed by atoms with Gasteiger partial charge in [0.05, 0.1) is 5.69 Å². The molecule has 0 bridgehead atoms. The molecule has 0 saturated carbocycles. The average molecular weight is 291 g/mol. The molecule has 0 radical (unpaired) electrons. The Labute approximate surface area is 119 Å². The second kappa shape index (κ2) is 6.13. The molecule has 0 aromatic heterocycles. The van der Waals surface area contributed by atoms with Gasteiger partial charge in [0.2, 0.25) is 0 Å². The molecule has 2 aromatic carbocycles. The fourth-order valence-corrected chi connectivity index (χ4v) is 1.59. The Morgan fingerprint density at radius 2 is 1.71 bits per heavy atom. The highest BCUT2D eigenvalue weighted by Gasteiger charge is 2.10. The van der Waals surface area contributed by atoms with Crippen molar-refractivity contribution >= 4 is 17.6 Å². The second-order valence-corrected chi connectivity index (χ2v) is 4.22. The Morgan fingerprint density at radius 3 is 2.33 bits per heavy atom. The van der Waals surface area contributed by atoms with Crippen molar-refractivity contribution in [2.24, 2.45) is 0 Å². The van der Waals surface area contributed by atoms with Crippen LogP contribution in [0, 0.1) is 11.6 Å². The number of hydrogen-bond donors (Lipinski definition) is 1. The van der Waals surface area contributed by atoms with E-state index in [0.717, 1.165) is 18.2 Å². The van der Waals surface area contributed by atoms with Crippen LogP contribution in [0.2, 0.25) is 0 Å². The van der Waals surface area contributed by atoms with Gasteiger partial charge in [-0.25, -0.2) is 13.6 Å². The van der Waals surface area contributed by atoms with Crippen molar-refractivity contribution in [1.82, 2.24) is 0 Å². The molecule has 1 amide bonds. The quantitative estimate of drug-likeness (QED) is 0.876. The highest BCUT2D eigenvalue weighted by molar-refractivity contribution is 5.94. The minimum absolute atomic E-state index is 0.118. The summed E-state index contributed by atoms with van der Waals surface area (Å²) in [7, 11) is 0. The van der Waals surface area contributed by atoms with E-state index in [0.29, 0.717) is 5.56 Å². The third-order valence-electron chi connectivity index (χ3n) is 2.64. The number of benzene rings is 2. The van der Waals surface area contributed by atoms with Crippen molar-refractivity contribution in [2.45, 2.75) is 6.92 Å². The lowest BCUT2D eigenvalue weighted by Gasteiger charge is -2.07. The molecule has 1 N–H and O–H groups in total. The van der Waals surface area contributed by atoms with Crippen molar-refractivity contribution in [2.75, 3.05) is 5.32 Å². The minimum atomic E-state index is -0.963. The average Bonchev–Trinajstić information content (AvgIpc) is 2.43. The van der Waals surface area contributed by atoms with Crippen LogP contribution in [0.15, 0.2) is 42.5 Å². The van der Waals surface area contributed by atoms with Crippen molar-refractivity contribution in [3.05, 3.63) is 59.7 Å². The number of hydrogen-bond acceptors (Lipinski definition) is 3. The van der Waals surface area contributed by atoms with E-state index in [2.05, 4.69) is 5.32 Å². The van der Waals surface area contributed by atoms with E-state index >= 15 is 0 Å². The number of Topliss-reactive ketones (excluding diaryl/α,β-unsaturated/α-hetero) is 1. The standard InChI is InChI=1S/C15H11F2NO3/c1-9(19)10-2-5-12(6-3-10)21-15(20)18-14-8-11(16)4-7-13(14)17/h2-8H,1H3,(H,18,20). The Bertz CT molecular complexity index is 684. The lowest BCUT2D eigenvalue weighted by atomic mass is 10.1. The molecule has 21 heavy (non-hydrogen) atoms. The topological polar surface area (TPSA) is 55.4 Å². The predicted octanol–water partition coefficient (Wildman–Crippen LogP) is 3.78. The van der Waals surface area contributed by atoms with E-state index < -0.39 is 17.7 Å². The Balaban J connectivity index is 2.04. The molecule has 0 atom stereocenters. The first-order valence-electron chi connectivity index (χ1n) is 6.00. The van der Waals surface area contributed by atoms with Crippen LogP contribution in [-0.4, -0.2) is 11.9 Å². The van der Waals surface area contributed by atoms with E-state index in [-0.39, 0.29) is 17.2 Å². The molecule has 0 aliphatic carbocycles. The number of halogens is 2. The van der Waals surface area contributed by atoms with E-state index in [9.17, 15) is 18.4 Å². The lowest BCUT2D eigenvalue weighted by molar-refractivity contribution is 0.101. The number of rotatable bonds is 3. The van der Waals surface area contributed by atoms with Gasteiger partial charge < -0.3 is 4.74 Å². The van der Waals surface area contributed by atoms with Crippen molar-refractivity contribution in [1.29, 1.82) is 0 Å². The van der Waals surface area contributed by atoms with Gasteiger partial charge in [0.25, 0.3) is 0 Å². The maximum Gasteiger partial charge on any atom is 0.417 e. The molecule has 4 nitrogen and oxygen atoms in total. The summed E-state index contributed by atoms with van der Waals surface area (Å²) >= 11 is 0. The first kappa shape index (κ1) is 14.6. The summed E-state index contributed by atoms with van der Waals surface area (Å²) in [6.07, 6.45) is -0.963. The maximum atomic E-state index is 13.3.